The maximum Gasteiger partial charge on any atom is 0.416 e. The number of alkyl halides is 3. The monoisotopic (exact) mass is 321 g/mol. The van der Waals surface area contributed by atoms with Crippen molar-refractivity contribution in [1.29, 1.82) is 0 Å². The van der Waals surface area contributed by atoms with Crippen molar-refractivity contribution in [2.24, 2.45) is 10.9 Å². The van der Waals surface area contributed by atoms with Crippen LogP contribution in [0.3, 0.4) is 0 Å². The van der Waals surface area contributed by atoms with E-state index in [9.17, 15) is 13.2 Å². The number of anilines is 1. The average Bonchev–Trinajstić information content (AvgIpc) is 2.53. The van der Waals surface area contributed by atoms with Crippen LogP contribution >= 0.6 is 0 Å². The van der Waals surface area contributed by atoms with E-state index in [0.29, 0.717) is 22.7 Å². The number of ether oxygens (including phenoxy) is 1. The van der Waals surface area contributed by atoms with Gasteiger partial charge in [0, 0.05) is 23.2 Å². The number of hydrogen-bond donors (Lipinski definition) is 2. The van der Waals surface area contributed by atoms with Gasteiger partial charge >= 0.3 is 6.18 Å². The fourth-order valence-electron chi connectivity index (χ4n) is 2.69. The minimum Gasteiger partial charge on any atom is -0.485 e. The van der Waals surface area contributed by atoms with E-state index in [1.165, 1.54) is 12.1 Å². The smallest absolute Gasteiger partial charge is 0.416 e. The van der Waals surface area contributed by atoms with Gasteiger partial charge in [0.1, 0.15) is 11.9 Å². The van der Waals surface area contributed by atoms with Gasteiger partial charge in [-0.05, 0) is 24.3 Å². The van der Waals surface area contributed by atoms with Gasteiger partial charge in [-0.25, -0.2) is 0 Å². The molecule has 1 unspecified atom stereocenters. The van der Waals surface area contributed by atoms with Crippen LogP contribution in [0.25, 0.3) is 0 Å². The second-order valence-corrected chi connectivity index (χ2v) is 5.23. The molecule has 1 atom stereocenters. The maximum absolute atomic E-state index is 13.2. The topological polar surface area (TPSA) is 73.6 Å². The van der Waals surface area contributed by atoms with Gasteiger partial charge in [-0.3, -0.25) is 0 Å². The first-order valence-corrected chi connectivity index (χ1v) is 6.89. The minimum absolute atomic E-state index is 0.0589. The molecule has 2 aromatic carbocycles. The SMILES string of the molecule is NN=C1CC(c2ccccc2C(F)(F)F)Oc2ccc(N)cc21. The van der Waals surface area contributed by atoms with Crippen LogP contribution in [0.1, 0.15) is 29.2 Å². The van der Waals surface area contributed by atoms with Crippen LogP contribution in [0.2, 0.25) is 0 Å². The van der Waals surface area contributed by atoms with Crippen molar-refractivity contribution in [2.45, 2.75) is 18.7 Å². The Morgan fingerprint density at radius 3 is 2.57 bits per heavy atom. The molecule has 2 aromatic rings. The van der Waals surface area contributed by atoms with E-state index in [0.717, 1.165) is 6.07 Å². The van der Waals surface area contributed by atoms with Crippen LogP contribution in [0.15, 0.2) is 47.6 Å². The van der Waals surface area contributed by atoms with Gasteiger partial charge in [0.25, 0.3) is 0 Å². The van der Waals surface area contributed by atoms with Crippen LogP contribution in [0, 0.1) is 0 Å². The summed E-state index contributed by atoms with van der Waals surface area (Å²) in [7, 11) is 0. The molecule has 23 heavy (non-hydrogen) atoms. The quantitative estimate of drug-likeness (QED) is 0.480. The first-order chi connectivity index (χ1) is 10.9. The van der Waals surface area contributed by atoms with Crippen molar-refractivity contribution < 1.29 is 17.9 Å². The summed E-state index contributed by atoms with van der Waals surface area (Å²) >= 11 is 0. The van der Waals surface area contributed by atoms with E-state index in [4.69, 9.17) is 16.3 Å². The molecule has 0 spiro atoms. The third-order valence-electron chi connectivity index (χ3n) is 3.73. The Morgan fingerprint density at radius 1 is 1.13 bits per heavy atom. The minimum atomic E-state index is -4.46. The van der Waals surface area contributed by atoms with Crippen LogP contribution in [0.4, 0.5) is 18.9 Å². The van der Waals surface area contributed by atoms with Crippen LogP contribution < -0.4 is 16.3 Å². The molecule has 1 aliphatic rings. The zero-order chi connectivity index (χ0) is 16.6. The van der Waals surface area contributed by atoms with Crippen molar-refractivity contribution >= 4 is 11.4 Å². The molecule has 0 saturated heterocycles. The zero-order valence-electron chi connectivity index (χ0n) is 12.0. The lowest BCUT2D eigenvalue weighted by Crippen LogP contribution is -2.24. The molecule has 7 heteroatoms. The standard InChI is InChI=1S/C16H14F3N3O/c17-16(18,19)12-4-2-1-3-10(12)15-8-13(22-21)11-7-9(20)5-6-14(11)23-15/h1-7,15H,8,20-21H2. The summed E-state index contributed by atoms with van der Waals surface area (Å²) in [4.78, 5) is 0. The second-order valence-electron chi connectivity index (χ2n) is 5.23. The first-order valence-electron chi connectivity index (χ1n) is 6.89. The Morgan fingerprint density at radius 2 is 1.87 bits per heavy atom. The molecule has 0 aliphatic carbocycles. The number of nitrogen functional groups attached to an aromatic ring is 1. The number of halogens is 3. The number of fused-ring (bicyclic) bond motifs is 1. The van der Waals surface area contributed by atoms with E-state index in [2.05, 4.69) is 5.10 Å². The van der Waals surface area contributed by atoms with Gasteiger partial charge in [0.15, 0.2) is 0 Å². The summed E-state index contributed by atoms with van der Waals surface area (Å²) < 4.78 is 45.4. The fraction of sp³-hybridized carbons (Fsp3) is 0.188. The number of rotatable bonds is 1. The molecule has 0 radical (unpaired) electrons. The number of hydrogen-bond acceptors (Lipinski definition) is 4. The van der Waals surface area contributed by atoms with Crippen molar-refractivity contribution in [3.63, 3.8) is 0 Å². The summed E-state index contributed by atoms with van der Waals surface area (Å²) in [6.07, 6.45) is -5.13. The van der Waals surface area contributed by atoms with Crippen molar-refractivity contribution in [3.8, 4) is 5.75 Å². The summed E-state index contributed by atoms with van der Waals surface area (Å²) in [5.41, 5.74) is 6.63. The lowest BCUT2D eigenvalue weighted by Gasteiger charge is -2.29. The average molecular weight is 321 g/mol. The van der Waals surface area contributed by atoms with Crippen LogP contribution in [-0.4, -0.2) is 5.71 Å². The lowest BCUT2D eigenvalue weighted by molar-refractivity contribution is -0.139. The molecule has 0 amide bonds. The molecule has 0 saturated carbocycles. The lowest BCUT2D eigenvalue weighted by atomic mass is 9.92. The molecule has 4 N–H and O–H groups in total. The summed E-state index contributed by atoms with van der Waals surface area (Å²) in [6, 6.07) is 10.2. The predicted octanol–water partition coefficient (Wildman–Crippen LogP) is 3.47. The summed E-state index contributed by atoms with van der Waals surface area (Å²) in [5, 5.41) is 3.70. The normalized spacial score (nSPS) is 19.3. The van der Waals surface area contributed by atoms with E-state index >= 15 is 0 Å². The maximum atomic E-state index is 13.2. The largest absolute Gasteiger partial charge is 0.485 e. The molecule has 4 nitrogen and oxygen atoms in total. The Bertz CT molecular complexity index is 771. The Hall–Kier alpha value is -2.70. The van der Waals surface area contributed by atoms with Crippen molar-refractivity contribution in [2.75, 3.05) is 5.73 Å². The molecular weight excluding hydrogens is 307 g/mol. The third kappa shape index (κ3) is 2.81. The van der Waals surface area contributed by atoms with E-state index < -0.39 is 17.8 Å². The van der Waals surface area contributed by atoms with Gasteiger partial charge in [0.2, 0.25) is 0 Å². The summed E-state index contributed by atoms with van der Waals surface area (Å²) in [5.74, 6) is 5.82. The predicted molar refractivity (Wildman–Crippen MR) is 81.0 cm³/mol. The summed E-state index contributed by atoms with van der Waals surface area (Å²) in [6.45, 7) is 0. The van der Waals surface area contributed by atoms with Gasteiger partial charge in [-0.1, -0.05) is 18.2 Å². The highest BCUT2D eigenvalue weighted by Crippen LogP contribution is 2.41. The molecule has 1 heterocycles. The number of nitrogens with zero attached hydrogens (tertiary/aromatic N) is 1. The van der Waals surface area contributed by atoms with Gasteiger partial charge < -0.3 is 16.3 Å². The Balaban J connectivity index is 2.06. The fourth-order valence-corrected chi connectivity index (χ4v) is 2.69. The van der Waals surface area contributed by atoms with Gasteiger partial charge in [-0.15, -0.1) is 0 Å². The van der Waals surface area contributed by atoms with Crippen molar-refractivity contribution in [1.82, 2.24) is 0 Å². The van der Waals surface area contributed by atoms with Gasteiger partial charge in [0.05, 0.1) is 11.3 Å². The highest BCUT2D eigenvalue weighted by atomic mass is 19.4. The number of hydrazone groups is 1. The molecule has 0 aromatic heterocycles. The third-order valence-corrected chi connectivity index (χ3v) is 3.73. The first kappa shape index (κ1) is 15.2. The number of benzene rings is 2. The Labute approximate surface area is 130 Å². The molecule has 0 bridgehead atoms. The highest BCUT2D eigenvalue weighted by molar-refractivity contribution is 6.04. The molecule has 1 aliphatic heterocycles. The molecule has 120 valence electrons. The zero-order valence-corrected chi connectivity index (χ0v) is 12.0. The molecule has 0 fully saturated rings. The van der Waals surface area contributed by atoms with E-state index in [1.54, 1.807) is 24.3 Å². The van der Waals surface area contributed by atoms with Crippen LogP contribution in [0.5, 0.6) is 5.75 Å². The van der Waals surface area contributed by atoms with E-state index in [1.807, 2.05) is 0 Å². The van der Waals surface area contributed by atoms with Crippen molar-refractivity contribution in [3.05, 3.63) is 59.2 Å². The second kappa shape index (κ2) is 5.49. The molecule has 3 rings (SSSR count). The Kier molecular flexibility index (Phi) is 3.63. The molecular formula is C16H14F3N3O. The number of nitrogens with two attached hydrogens (primary N) is 2. The highest BCUT2D eigenvalue weighted by Gasteiger charge is 2.37. The van der Waals surface area contributed by atoms with E-state index in [-0.39, 0.29) is 12.0 Å². The van der Waals surface area contributed by atoms with Crippen LogP contribution in [-0.2, 0) is 6.18 Å². The van der Waals surface area contributed by atoms with Gasteiger partial charge in [-0.2, -0.15) is 18.3 Å².